The van der Waals surface area contributed by atoms with Gasteiger partial charge in [0.25, 0.3) is 0 Å². The number of halogens is 1. The molecule has 0 heterocycles. The molecular formula is C18H20ClNO4. The van der Waals surface area contributed by atoms with Gasteiger partial charge >= 0.3 is 5.97 Å². The number of carboxylic acids is 1. The molecule has 0 radical (unpaired) electrons. The lowest BCUT2D eigenvalue weighted by Crippen LogP contribution is -2.04. The Hall–Kier alpha value is -2.40. The quantitative estimate of drug-likeness (QED) is 0.737. The molecular weight excluding hydrogens is 330 g/mol. The van der Waals surface area contributed by atoms with E-state index in [1.165, 1.54) is 13.2 Å². The van der Waals surface area contributed by atoms with Crippen LogP contribution in [0.15, 0.2) is 36.4 Å². The van der Waals surface area contributed by atoms with Crippen LogP contribution in [-0.2, 0) is 6.54 Å². The zero-order valence-electron chi connectivity index (χ0n) is 13.6. The van der Waals surface area contributed by atoms with Gasteiger partial charge in [-0.3, -0.25) is 0 Å². The number of aromatic carboxylic acids is 1. The highest BCUT2D eigenvalue weighted by Gasteiger charge is 2.09. The summed E-state index contributed by atoms with van der Waals surface area (Å²) in [7, 11) is 1.54. The highest BCUT2D eigenvalue weighted by molar-refractivity contribution is 6.32. The van der Waals surface area contributed by atoms with Crippen LogP contribution in [0.5, 0.6) is 11.5 Å². The molecule has 0 aliphatic heterocycles. The highest BCUT2D eigenvalue weighted by Crippen LogP contribution is 2.28. The zero-order chi connectivity index (χ0) is 17.5. The first-order chi connectivity index (χ1) is 11.5. The van der Waals surface area contributed by atoms with Crippen molar-refractivity contribution in [3.63, 3.8) is 0 Å². The van der Waals surface area contributed by atoms with E-state index in [9.17, 15) is 4.79 Å². The van der Waals surface area contributed by atoms with E-state index < -0.39 is 5.97 Å². The summed E-state index contributed by atoms with van der Waals surface area (Å²) in [5.41, 5.74) is 1.76. The van der Waals surface area contributed by atoms with Crippen LogP contribution < -0.4 is 14.8 Å². The normalized spacial score (nSPS) is 10.3. The Morgan fingerprint density at radius 3 is 2.58 bits per heavy atom. The molecule has 0 aromatic heterocycles. The van der Waals surface area contributed by atoms with Gasteiger partial charge in [0.2, 0.25) is 0 Å². The molecule has 2 N–H and O–H groups in total. The number of ether oxygens (including phenoxy) is 2. The number of hydrogen-bond acceptors (Lipinski definition) is 4. The maximum absolute atomic E-state index is 11.1. The Morgan fingerprint density at radius 1 is 1.21 bits per heavy atom. The second kappa shape index (κ2) is 8.45. The Bertz CT molecular complexity index is 718. The zero-order valence-corrected chi connectivity index (χ0v) is 14.4. The Morgan fingerprint density at radius 2 is 1.96 bits per heavy atom. The van der Waals surface area contributed by atoms with Gasteiger partial charge in [0, 0.05) is 6.54 Å². The summed E-state index contributed by atoms with van der Waals surface area (Å²) in [6, 6.07) is 10.2. The summed E-state index contributed by atoms with van der Waals surface area (Å²) in [4.78, 5) is 11.1. The molecule has 2 aromatic rings. The van der Waals surface area contributed by atoms with E-state index in [1.807, 2.05) is 25.1 Å². The molecule has 6 heteroatoms. The Kier molecular flexibility index (Phi) is 6.32. The van der Waals surface area contributed by atoms with Crippen molar-refractivity contribution >= 4 is 23.3 Å². The second-order valence-corrected chi connectivity index (χ2v) is 5.59. The first-order valence-corrected chi connectivity index (χ1v) is 7.99. The third kappa shape index (κ3) is 4.55. The van der Waals surface area contributed by atoms with E-state index in [2.05, 4.69) is 5.32 Å². The van der Waals surface area contributed by atoms with E-state index in [0.29, 0.717) is 35.4 Å². The van der Waals surface area contributed by atoms with Crippen LogP contribution in [0.25, 0.3) is 0 Å². The number of methoxy groups -OCH3 is 1. The topological polar surface area (TPSA) is 67.8 Å². The standard InChI is InChI=1S/C18H20ClNO4/c1-3-8-24-16-6-4-12(9-14(16)19)11-20-15-10-13(18(21)22)5-7-17(15)23-2/h4-7,9-10,20H,3,8,11H2,1-2H3,(H,21,22). The van der Waals surface area contributed by atoms with Crippen molar-refractivity contribution in [3.05, 3.63) is 52.5 Å². The van der Waals surface area contributed by atoms with Gasteiger partial charge in [-0.1, -0.05) is 24.6 Å². The molecule has 128 valence electrons. The van der Waals surface area contributed by atoms with Crippen molar-refractivity contribution in [3.8, 4) is 11.5 Å². The molecule has 0 aliphatic rings. The van der Waals surface area contributed by atoms with Gasteiger partial charge in [0.1, 0.15) is 11.5 Å². The van der Waals surface area contributed by atoms with Crippen LogP contribution in [0.2, 0.25) is 5.02 Å². The predicted molar refractivity (Wildman–Crippen MR) is 94.5 cm³/mol. The van der Waals surface area contributed by atoms with Crippen molar-refractivity contribution in [2.75, 3.05) is 19.0 Å². The minimum absolute atomic E-state index is 0.194. The van der Waals surface area contributed by atoms with Crippen LogP contribution in [0, 0.1) is 0 Å². The third-order valence-electron chi connectivity index (χ3n) is 3.39. The van der Waals surface area contributed by atoms with Gasteiger partial charge in [-0.2, -0.15) is 0 Å². The van der Waals surface area contributed by atoms with Crippen LogP contribution >= 0.6 is 11.6 Å². The Balaban J connectivity index is 2.11. The Labute approximate surface area is 146 Å². The van der Waals surface area contributed by atoms with Crippen LogP contribution in [0.3, 0.4) is 0 Å². The maximum Gasteiger partial charge on any atom is 0.335 e. The molecule has 0 bridgehead atoms. The molecule has 0 saturated heterocycles. The molecule has 0 aliphatic carbocycles. The monoisotopic (exact) mass is 349 g/mol. The summed E-state index contributed by atoms with van der Waals surface area (Å²) in [5.74, 6) is 0.253. The number of carboxylic acid groups (broad SMARTS) is 1. The lowest BCUT2D eigenvalue weighted by molar-refractivity contribution is 0.0697. The van der Waals surface area contributed by atoms with Crippen molar-refractivity contribution < 1.29 is 19.4 Å². The lowest BCUT2D eigenvalue weighted by Gasteiger charge is -2.13. The van der Waals surface area contributed by atoms with Crippen molar-refractivity contribution in [1.29, 1.82) is 0 Å². The number of nitrogens with one attached hydrogen (secondary N) is 1. The van der Waals surface area contributed by atoms with Gasteiger partial charge in [0.05, 0.1) is 30.0 Å². The van der Waals surface area contributed by atoms with Crippen molar-refractivity contribution in [1.82, 2.24) is 0 Å². The average Bonchev–Trinajstić information content (AvgIpc) is 2.58. The molecule has 0 spiro atoms. The van der Waals surface area contributed by atoms with Gasteiger partial charge in [-0.05, 0) is 42.3 Å². The summed E-state index contributed by atoms with van der Waals surface area (Å²) >= 11 is 6.22. The van der Waals surface area contributed by atoms with E-state index in [1.54, 1.807) is 12.1 Å². The first kappa shape index (κ1) is 17.9. The van der Waals surface area contributed by atoms with E-state index in [4.69, 9.17) is 26.2 Å². The average molecular weight is 350 g/mol. The molecule has 2 aromatic carbocycles. The predicted octanol–water partition coefficient (Wildman–Crippen LogP) is 4.45. The van der Waals surface area contributed by atoms with Gasteiger partial charge in [-0.25, -0.2) is 4.79 Å². The smallest absolute Gasteiger partial charge is 0.335 e. The third-order valence-corrected chi connectivity index (χ3v) is 3.68. The molecule has 2 rings (SSSR count). The van der Waals surface area contributed by atoms with Crippen LogP contribution in [0.4, 0.5) is 5.69 Å². The molecule has 0 fully saturated rings. The highest BCUT2D eigenvalue weighted by atomic mass is 35.5. The van der Waals surface area contributed by atoms with E-state index >= 15 is 0 Å². The van der Waals surface area contributed by atoms with Crippen LogP contribution in [-0.4, -0.2) is 24.8 Å². The summed E-state index contributed by atoms with van der Waals surface area (Å²) in [5, 5.41) is 12.8. The second-order valence-electron chi connectivity index (χ2n) is 5.19. The van der Waals surface area contributed by atoms with Gasteiger partial charge in [0.15, 0.2) is 0 Å². The van der Waals surface area contributed by atoms with Crippen LogP contribution in [0.1, 0.15) is 29.3 Å². The van der Waals surface area contributed by atoms with E-state index in [-0.39, 0.29) is 5.56 Å². The van der Waals surface area contributed by atoms with Crippen molar-refractivity contribution in [2.24, 2.45) is 0 Å². The fraction of sp³-hybridized carbons (Fsp3) is 0.278. The molecule has 0 unspecified atom stereocenters. The minimum atomic E-state index is -0.985. The van der Waals surface area contributed by atoms with Crippen molar-refractivity contribution in [2.45, 2.75) is 19.9 Å². The fourth-order valence-electron chi connectivity index (χ4n) is 2.16. The maximum atomic E-state index is 11.1. The van der Waals surface area contributed by atoms with Gasteiger partial charge in [-0.15, -0.1) is 0 Å². The lowest BCUT2D eigenvalue weighted by atomic mass is 10.1. The molecule has 0 amide bonds. The summed E-state index contributed by atoms with van der Waals surface area (Å²) in [6.45, 7) is 3.13. The van der Waals surface area contributed by atoms with E-state index in [0.717, 1.165) is 12.0 Å². The number of anilines is 1. The number of benzene rings is 2. The number of hydrogen-bond donors (Lipinski definition) is 2. The molecule has 0 saturated carbocycles. The molecule has 0 atom stereocenters. The number of carbonyl (C=O) groups is 1. The molecule has 24 heavy (non-hydrogen) atoms. The number of rotatable bonds is 8. The SMILES string of the molecule is CCCOc1ccc(CNc2cc(C(=O)O)ccc2OC)cc1Cl. The fourth-order valence-corrected chi connectivity index (χ4v) is 2.42. The summed E-state index contributed by atoms with van der Waals surface area (Å²) < 4.78 is 10.8. The van der Waals surface area contributed by atoms with Gasteiger partial charge < -0.3 is 19.9 Å². The first-order valence-electron chi connectivity index (χ1n) is 7.61. The largest absolute Gasteiger partial charge is 0.495 e. The molecule has 5 nitrogen and oxygen atoms in total. The summed E-state index contributed by atoms with van der Waals surface area (Å²) in [6.07, 6.45) is 0.916. The minimum Gasteiger partial charge on any atom is -0.495 e.